The number of hydrogen-bond acceptors (Lipinski definition) is 6. The molecule has 7 nitrogen and oxygen atoms in total. The summed E-state index contributed by atoms with van der Waals surface area (Å²) in [6.45, 7) is 2.78. The van der Waals surface area contributed by atoms with Crippen molar-refractivity contribution >= 4 is 11.4 Å². The number of hydrogen-bond donors (Lipinski definition) is 2. The van der Waals surface area contributed by atoms with Crippen LogP contribution in [0.15, 0.2) is 53.3 Å². The number of anilines is 2. The van der Waals surface area contributed by atoms with Gasteiger partial charge in [-0.3, -0.25) is 4.79 Å². The fourth-order valence-electron chi connectivity index (χ4n) is 6.17. The Hall–Kier alpha value is -3.71. The average molecular weight is 531 g/mol. The Kier molecular flexibility index (Phi) is 8.27. The van der Waals surface area contributed by atoms with Crippen molar-refractivity contribution in [3.8, 4) is 28.4 Å². The van der Waals surface area contributed by atoms with E-state index in [1.165, 1.54) is 17.7 Å². The van der Waals surface area contributed by atoms with E-state index in [4.69, 9.17) is 14.2 Å². The van der Waals surface area contributed by atoms with Crippen LogP contribution in [0.4, 0.5) is 11.4 Å². The minimum atomic E-state index is 0.00862. The summed E-state index contributed by atoms with van der Waals surface area (Å²) in [7, 11) is 6.99. The molecule has 0 amide bonds. The summed E-state index contributed by atoms with van der Waals surface area (Å²) in [6, 6.07) is 16.7. The molecule has 0 aromatic heterocycles. The Morgan fingerprint density at radius 2 is 1.79 bits per heavy atom. The molecule has 206 valence electrons. The van der Waals surface area contributed by atoms with Gasteiger partial charge >= 0.3 is 0 Å². The van der Waals surface area contributed by atoms with Gasteiger partial charge < -0.3 is 29.7 Å². The smallest absolute Gasteiger partial charge is 0.203 e. The number of nitrogens with zero attached hydrogens (tertiary/aromatic N) is 1. The third kappa shape index (κ3) is 5.28. The molecule has 0 fully saturated rings. The second-order valence-corrected chi connectivity index (χ2v) is 10.3. The number of nitrogens with two attached hydrogens (primary N) is 1. The molecule has 3 aromatic rings. The number of methoxy groups -OCH3 is 3. The van der Waals surface area contributed by atoms with E-state index in [1.807, 2.05) is 18.2 Å². The van der Waals surface area contributed by atoms with Crippen molar-refractivity contribution in [3.63, 3.8) is 0 Å². The number of aryl methyl sites for hydroxylation is 2. The van der Waals surface area contributed by atoms with Gasteiger partial charge in [0.1, 0.15) is 6.04 Å². The van der Waals surface area contributed by atoms with Crippen LogP contribution < -0.4 is 35.2 Å². The quantitative estimate of drug-likeness (QED) is 0.405. The van der Waals surface area contributed by atoms with Crippen LogP contribution in [0.3, 0.4) is 0 Å². The largest absolute Gasteiger partial charge is 0.493 e. The summed E-state index contributed by atoms with van der Waals surface area (Å²) >= 11 is 0. The van der Waals surface area contributed by atoms with Gasteiger partial charge in [0, 0.05) is 42.9 Å². The highest BCUT2D eigenvalue weighted by Gasteiger charge is 2.30. The molecule has 0 bridgehead atoms. The van der Waals surface area contributed by atoms with E-state index >= 15 is 0 Å². The first-order valence-corrected chi connectivity index (χ1v) is 14.0. The number of para-hydroxylation sites is 1. The third-order valence-electron chi connectivity index (χ3n) is 8.11. The van der Waals surface area contributed by atoms with Gasteiger partial charge in [-0.15, -0.1) is 0 Å². The molecule has 0 unspecified atom stereocenters. The number of fused-ring (bicyclic) bond motifs is 4. The summed E-state index contributed by atoms with van der Waals surface area (Å²) < 4.78 is 17.2. The minimum absolute atomic E-state index is 0.00862. The monoisotopic (exact) mass is 530 g/mol. The Balaban J connectivity index is 1.43. The summed E-state index contributed by atoms with van der Waals surface area (Å²) in [5.74, 6) is 1.85. The van der Waals surface area contributed by atoms with E-state index in [0.717, 1.165) is 67.6 Å². The van der Waals surface area contributed by atoms with Gasteiger partial charge in [0.05, 0.1) is 34.1 Å². The number of ether oxygens (including phenoxy) is 3. The van der Waals surface area contributed by atoms with Gasteiger partial charge in [0.2, 0.25) is 11.2 Å². The van der Waals surface area contributed by atoms with Crippen LogP contribution in [0.5, 0.6) is 17.2 Å². The molecule has 1 heterocycles. The molecule has 2 aliphatic rings. The molecular formula is C32H40N3O4+. The van der Waals surface area contributed by atoms with Gasteiger partial charge in [-0.25, -0.2) is 0 Å². The van der Waals surface area contributed by atoms with Crippen molar-refractivity contribution in [3.05, 3.63) is 75.4 Å². The maximum atomic E-state index is 13.5. The average Bonchev–Trinajstić information content (AvgIpc) is 3.22. The van der Waals surface area contributed by atoms with Crippen LogP contribution in [0.25, 0.3) is 11.1 Å². The Morgan fingerprint density at radius 1 is 0.974 bits per heavy atom. The van der Waals surface area contributed by atoms with E-state index in [-0.39, 0.29) is 11.5 Å². The molecule has 1 atom stereocenters. The van der Waals surface area contributed by atoms with Crippen molar-refractivity contribution in [2.75, 3.05) is 58.2 Å². The van der Waals surface area contributed by atoms with E-state index < -0.39 is 0 Å². The highest BCUT2D eigenvalue weighted by molar-refractivity contribution is 5.82. The maximum Gasteiger partial charge on any atom is 0.203 e. The van der Waals surface area contributed by atoms with E-state index in [0.29, 0.717) is 22.9 Å². The second kappa shape index (κ2) is 12.0. The molecule has 3 N–H and O–H groups in total. The fourth-order valence-corrected chi connectivity index (χ4v) is 6.17. The number of benzene rings is 2. The van der Waals surface area contributed by atoms with Crippen molar-refractivity contribution in [2.45, 2.75) is 38.1 Å². The molecule has 0 saturated heterocycles. The topological polar surface area (TPSA) is 76.6 Å². The summed E-state index contributed by atoms with van der Waals surface area (Å²) in [4.78, 5) is 15.9. The number of rotatable bonds is 9. The molecule has 0 spiro atoms. The standard InChI is InChI=1S/C32H39N3O4/c1-33-25-14-12-22-19-29(37-2)31(38-3)32(39-4)30(22)23-13-15-26(28(36)20-24(23)25)34-16-8-18-35-17-7-10-21-9-5-6-11-27(21)35/h5-6,9,11,13,15,19-20,25,33H,7-8,10,12,14,16-18H2,1-4H3,(H,34,36)/p+1/t25-/m0/s1. The van der Waals surface area contributed by atoms with Crippen molar-refractivity contribution < 1.29 is 19.5 Å². The lowest BCUT2D eigenvalue weighted by Gasteiger charge is -2.31. The highest BCUT2D eigenvalue weighted by atomic mass is 16.5. The Labute approximate surface area is 231 Å². The molecular weight excluding hydrogens is 490 g/mol. The molecule has 0 saturated carbocycles. The second-order valence-electron chi connectivity index (χ2n) is 10.3. The van der Waals surface area contributed by atoms with Crippen LogP contribution in [0, 0.1) is 0 Å². The number of quaternary nitrogens is 1. The summed E-state index contributed by atoms with van der Waals surface area (Å²) in [5, 5.41) is 5.63. The molecule has 0 radical (unpaired) electrons. The normalized spacial score (nSPS) is 15.9. The lowest BCUT2D eigenvalue weighted by molar-refractivity contribution is -0.670. The first-order valence-electron chi connectivity index (χ1n) is 14.0. The van der Waals surface area contributed by atoms with Gasteiger partial charge in [-0.2, -0.15) is 0 Å². The van der Waals surface area contributed by atoms with Crippen molar-refractivity contribution in [1.82, 2.24) is 0 Å². The van der Waals surface area contributed by atoms with Crippen LogP contribution in [-0.4, -0.2) is 48.0 Å². The van der Waals surface area contributed by atoms with Crippen molar-refractivity contribution in [1.29, 1.82) is 0 Å². The first kappa shape index (κ1) is 26.9. The zero-order valence-corrected chi connectivity index (χ0v) is 23.5. The summed E-state index contributed by atoms with van der Waals surface area (Å²) in [5.41, 5.74) is 7.53. The zero-order chi connectivity index (χ0) is 27.4. The molecule has 7 heteroatoms. The fraction of sp³-hybridized carbons (Fsp3) is 0.406. The van der Waals surface area contributed by atoms with Gasteiger partial charge in [-0.05, 0) is 66.6 Å². The lowest BCUT2D eigenvalue weighted by atomic mass is 9.95. The molecule has 1 aliphatic carbocycles. The van der Waals surface area contributed by atoms with Crippen molar-refractivity contribution in [2.24, 2.45) is 0 Å². The molecule has 39 heavy (non-hydrogen) atoms. The number of nitrogens with one attached hydrogen (secondary N) is 1. The highest BCUT2D eigenvalue weighted by Crippen LogP contribution is 2.49. The Bertz CT molecular complexity index is 1390. The van der Waals surface area contributed by atoms with E-state index in [9.17, 15) is 4.79 Å². The van der Waals surface area contributed by atoms with Gasteiger partial charge in [0.25, 0.3) is 0 Å². The molecule has 3 aromatic carbocycles. The summed E-state index contributed by atoms with van der Waals surface area (Å²) in [6.07, 6.45) is 5.03. The first-order chi connectivity index (χ1) is 19.1. The minimum Gasteiger partial charge on any atom is -0.493 e. The maximum absolute atomic E-state index is 13.5. The molecule has 1 aliphatic heterocycles. The van der Waals surface area contributed by atoms with Gasteiger partial charge in [0.15, 0.2) is 11.5 Å². The van der Waals surface area contributed by atoms with Crippen LogP contribution in [-0.2, 0) is 12.8 Å². The van der Waals surface area contributed by atoms with Gasteiger partial charge in [-0.1, -0.05) is 24.3 Å². The predicted molar refractivity (Wildman–Crippen MR) is 157 cm³/mol. The predicted octanol–water partition coefficient (Wildman–Crippen LogP) is 4.17. The molecule has 5 rings (SSSR count). The SMILES string of the molecule is C[NH2+][C@H]1CCc2cc(OC)c(OC)c(OC)c2-c2ccc(NCCCN3CCCc4ccccc43)c(=O)cc21. The Morgan fingerprint density at radius 3 is 2.56 bits per heavy atom. The van der Waals surface area contributed by atoms with Crippen LogP contribution in [0.1, 0.15) is 42.0 Å². The third-order valence-corrected chi connectivity index (χ3v) is 8.11. The van der Waals surface area contributed by atoms with E-state index in [2.05, 4.69) is 52.9 Å². The lowest BCUT2D eigenvalue weighted by Crippen LogP contribution is -2.81. The van der Waals surface area contributed by atoms with Crippen LogP contribution >= 0.6 is 0 Å². The zero-order valence-electron chi connectivity index (χ0n) is 23.5. The van der Waals surface area contributed by atoms with E-state index in [1.54, 1.807) is 21.3 Å². The van der Waals surface area contributed by atoms with Crippen LogP contribution in [0.2, 0.25) is 0 Å².